The number of rotatable bonds is 6. The first-order chi connectivity index (χ1) is 13.8. The Labute approximate surface area is 168 Å². The van der Waals surface area contributed by atoms with Gasteiger partial charge in [-0.25, -0.2) is 0 Å². The van der Waals surface area contributed by atoms with Crippen LogP contribution in [0.3, 0.4) is 0 Å². The van der Waals surface area contributed by atoms with Gasteiger partial charge in [0.2, 0.25) is 11.0 Å². The van der Waals surface area contributed by atoms with Crippen LogP contribution in [0.4, 0.5) is 5.69 Å². The molecule has 1 aliphatic rings. The topological polar surface area (TPSA) is 69.2 Å². The minimum atomic E-state index is -0.410. The van der Waals surface area contributed by atoms with Crippen molar-refractivity contribution in [2.75, 3.05) is 17.7 Å². The van der Waals surface area contributed by atoms with E-state index in [4.69, 9.17) is 9.47 Å². The van der Waals surface area contributed by atoms with Crippen LogP contribution in [0.1, 0.15) is 18.7 Å². The molecule has 1 N–H and O–H groups in total. The molecule has 2 aromatic carbocycles. The number of benzene rings is 2. The van der Waals surface area contributed by atoms with E-state index < -0.39 is 6.23 Å². The van der Waals surface area contributed by atoms with Crippen LogP contribution >= 0.6 is 11.8 Å². The van der Waals surface area contributed by atoms with E-state index in [0.29, 0.717) is 29.1 Å². The van der Waals surface area contributed by atoms with E-state index in [-0.39, 0.29) is 0 Å². The second kappa shape index (κ2) is 8.31. The lowest BCUT2D eigenvalue weighted by molar-refractivity contribution is 0.225. The van der Waals surface area contributed by atoms with Gasteiger partial charge in [-0.05, 0) is 37.3 Å². The fraction of sp³-hybridized carbons (Fsp3) is 0.190. The van der Waals surface area contributed by atoms with Gasteiger partial charge in [0.25, 0.3) is 0 Å². The Balaban J connectivity index is 1.73. The van der Waals surface area contributed by atoms with Crippen LogP contribution in [0.2, 0.25) is 0 Å². The number of para-hydroxylation sites is 1. The molecule has 0 saturated carbocycles. The van der Waals surface area contributed by atoms with Gasteiger partial charge in [-0.1, -0.05) is 36.0 Å². The van der Waals surface area contributed by atoms with E-state index in [1.807, 2.05) is 55.5 Å². The van der Waals surface area contributed by atoms with Gasteiger partial charge in [0, 0.05) is 22.6 Å². The van der Waals surface area contributed by atoms with Crippen LogP contribution in [-0.2, 0) is 0 Å². The molecule has 28 heavy (non-hydrogen) atoms. The largest absolute Gasteiger partial charge is 0.494 e. The number of ether oxygens (including phenoxy) is 2. The van der Waals surface area contributed by atoms with Gasteiger partial charge in [-0.3, -0.25) is 0 Å². The van der Waals surface area contributed by atoms with E-state index in [0.717, 1.165) is 22.6 Å². The molecular formula is C21H20N4O2S. The van der Waals surface area contributed by atoms with Gasteiger partial charge in [0.15, 0.2) is 11.9 Å². The van der Waals surface area contributed by atoms with Crippen LogP contribution in [0, 0.1) is 0 Å². The summed E-state index contributed by atoms with van der Waals surface area (Å²) in [7, 11) is 0. The predicted molar refractivity (Wildman–Crippen MR) is 111 cm³/mol. The van der Waals surface area contributed by atoms with E-state index in [1.165, 1.54) is 11.8 Å². The maximum absolute atomic E-state index is 6.24. The van der Waals surface area contributed by atoms with E-state index in [2.05, 4.69) is 27.1 Å². The fourth-order valence-electron chi connectivity index (χ4n) is 2.90. The number of nitrogens with zero attached hydrogens (tertiary/aromatic N) is 3. The SMILES string of the molecule is C=CCSc1nnc2c(n1)O[C@H](c1ccc(OCC)cc1)Nc1ccccc1-2. The second-order valence-electron chi connectivity index (χ2n) is 6.04. The molecule has 2 heterocycles. The molecule has 0 radical (unpaired) electrons. The highest BCUT2D eigenvalue weighted by Crippen LogP contribution is 2.39. The molecule has 1 aliphatic heterocycles. The molecule has 0 saturated heterocycles. The van der Waals surface area contributed by atoms with Crippen molar-refractivity contribution in [2.45, 2.75) is 18.3 Å². The highest BCUT2D eigenvalue weighted by Gasteiger charge is 2.25. The standard InChI is InChI=1S/C21H20N4O2S/c1-3-13-28-21-23-20-18(24-25-21)16-7-5-6-8-17(16)22-19(27-20)14-9-11-15(12-10-14)26-4-2/h3,5-12,19,22H,1,4,13H2,2H3/t19-/m1/s1. The summed E-state index contributed by atoms with van der Waals surface area (Å²) in [5.74, 6) is 1.99. The molecule has 3 aromatic rings. The van der Waals surface area contributed by atoms with Crippen molar-refractivity contribution in [3.63, 3.8) is 0 Å². The zero-order chi connectivity index (χ0) is 19.3. The quantitative estimate of drug-likeness (QED) is 0.481. The maximum Gasteiger partial charge on any atom is 0.247 e. The molecule has 6 nitrogen and oxygen atoms in total. The summed E-state index contributed by atoms with van der Waals surface area (Å²) in [6.07, 6.45) is 1.40. The number of aromatic nitrogens is 3. The lowest BCUT2D eigenvalue weighted by Crippen LogP contribution is -2.17. The molecule has 0 spiro atoms. The number of nitrogens with one attached hydrogen (secondary N) is 1. The summed E-state index contributed by atoms with van der Waals surface area (Å²) in [6, 6.07) is 15.8. The summed E-state index contributed by atoms with van der Waals surface area (Å²) < 4.78 is 11.8. The maximum atomic E-state index is 6.24. The Bertz CT molecular complexity index is 978. The Morgan fingerprint density at radius 2 is 2.00 bits per heavy atom. The summed E-state index contributed by atoms with van der Waals surface area (Å²) in [6.45, 7) is 6.33. The van der Waals surface area contributed by atoms with Crippen molar-refractivity contribution in [2.24, 2.45) is 0 Å². The first-order valence-electron chi connectivity index (χ1n) is 9.02. The predicted octanol–water partition coefficient (Wildman–Crippen LogP) is 4.72. The molecule has 0 amide bonds. The molecule has 4 rings (SSSR count). The van der Waals surface area contributed by atoms with Crippen LogP contribution in [0.25, 0.3) is 11.3 Å². The van der Waals surface area contributed by atoms with Gasteiger partial charge >= 0.3 is 0 Å². The molecule has 142 valence electrons. The summed E-state index contributed by atoms with van der Waals surface area (Å²) >= 11 is 1.47. The number of fused-ring (bicyclic) bond motifs is 3. The van der Waals surface area contributed by atoms with Crippen LogP contribution < -0.4 is 14.8 Å². The number of hydrogen-bond acceptors (Lipinski definition) is 7. The molecule has 1 aromatic heterocycles. The molecule has 0 fully saturated rings. The Kier molecular flexibility index (Phi) is 5.43. The molecule has 1 atom stereocenters. The van der Waals surface area contributed by atoms with Crippen molar-refractivity contribution >= 4 is 17.4 Å². The zero-order valence-corrected chi connectivity index (χ0v) is 16.3. The third kappa shape index (κ3) is 3.80. The normalized spacial score (nSPS) is 14.7. The summed E-state index contributed by atoms with van der Waals surface area (Å²) in [5.41, 5.74) is 3.42. The van der Waals surface area contributed by atoms with Gasteiger partial charge in [-0.2, -0.15) is 4.98 Å². The highest BCUT2D eigenvalue weighted by molar-refractivity contribution is 7.99. The first kappa shape index (κ1) is 18.3. The number of hydrogen-bond donors (Lipinski definition) is 1. The molecule has 0 aliphatic carbocycles. The molecule has 0 unspecified atom stereocenters. The summed E-state index contributed by atoms with van der Waals surface area (Å²) in [5, 5.41) is 12.6. The van der Waals surface area contributed by atoms with Gasteiger partial charge < -0.3 is 14.8 Å². The van der Waals surface area contributed by atoms with Gasteiger partial charge in [0.1, 0.15) is 5.75 Å². The lowest BCUT2D eigenvalue weighted by atomic mass is 10.1. The number of thioether (sulfide) groups is 1. The van der Waals surface area contributed by atoms with E-state index in [9.17, 15) is 0 Å². The van der Waals surface area contributed by atoms with Crippen molar-refractivity contribution < 1.29 is 9.47 Å². The van der Waals surface area contributed by atoms with Crippen LogP contribution in [0.5, 0.6) is 11.6 Å². The average molecular weight is 392 g/mol. The van der Waals surface area contributed by atoms with Crippen molar-refractivity contribution in [3.8, 4) is 22.9 Å². The van der Waals surface area contributed by atoms with Crippen molar-refractivity contribution in [3.05, 3.63) is 66.7 Å². The minimum absolute atomic E-state index is 0.410. The van der Waals surface area contributed by atoms with Crippen molar-refractivity contribution in [1.82, 2.24) is 15.2 Å². The van der Waals surface area contributed by atoms with Crippen LogP contribution in [0.15, 0.2) is 66.3 Å². The van der Waals surface area contributed by atoms with Gasteiger partial charge in [-0.15, -0.1) is 16.8 Å². The minimum Gasteiger partial charge on any atom is -0.494 e. The third-order valence-electron chi connectivity index (χ3n) is 4.16. The lowest BCUT2D eigenvalue weighted by Gasteiger charge is -2.19. The van der Waals surface area contributed by atoms with E-state index >= 15 is 0 Å². The van der Waals surface area contributed by atoms with E-state index in [1.54, 1.807) is 6.08 Å². The molecular weight excluding hydrogens is 372 g/mol. The highest BCUT2D eigenvalue weighted by atomic mass is 32.2. The smallest absolute Gasteiger partial charge is 0.247 e. The van der Waals surface area contributed by atoms with Gasteiger partial charge in [0.05, 0.1) is 6.61 Å². The summed E-state index contributed by atoms with van der Waals surface area (Å²) in [4.78, 5) is 4.59. The third-order valence-corrected chi connectivity index (χ3v) is 4.99. The Morgan fingerprint density at radius 1 is 1.18 bits per heavy atom. The van der Waals surface area contributed by atoms with Crippen molar-refractivity contribution in [1.29, 1.82) is 0 Å². The first-order valence-corrected chi connectivity index (χ1v) is 10.0. The molecule has 0 bridgehead atoms. The Hall–Kier alpha value is -3.06. The Morgan fingerprint density at radius 3 is 2.79 bits per heavy atom. The van der Waals surface area contributed by atoms with Crippen LogP contribution in [-0.4, -0.2) is 27.5 Å². The average Bonchev–Trinajstić information content (AvgIpc) is 2.89. The second-order valence-corrected chi connectivity index (χ2v) is 7.02. The fourth-order valence-corrected chi connectivity index (χ4v) is 3.41. The number of anilines is 1. The molecule has 7 heteroatoms. The monoisotopic (exact) mass is 392 g/mol. The zero-order valence-electron chi connectivity index (χ0n) is 15.5.